The molecule has 0 spiro atoms. The second kappa shape index (κ2) is 7.46. The van der Waals surface area contributed by atoms with Gasteiger partial charge in [-0.1, -0.05) is 13.0 Å². The van der Waals surface area contributed by atoms with Gasteiger partial charge in [0.2, 0.25) is 5.91 Å². The second-order valence-corrected chi connectivity index (χ2v) is 5.95. The summed E-state index contributed by atoms with van der Waals surface area (Å²) in [4.78, 5) is 12.4. The fourth-order valence-corrected chi connectivity index (χ4v) is 2.68. The summed E-state index contributed by atoms with van der Waals surface area (Å²) >= 11 is 0. The normalized spacial score (nSPS) is 21.9. The van der Waals surface area contributed by atoms with Crippen LogP contribution in [0.15, 0.2) is 18.2 Å². The van der Waals surface area contributed by atoms with E-state index in [9.17, 15) is 4.79 Å². The molecule has 2 rings (SSSR count). The number of ether oxygens (including phenoxy) is 1. The van der Waals surface area contributed by atoms with Crippen molar-refractivity contribution in [3.8, 4) is 5.75 Å². The molecule has 0 heterocycles. The first-order valence-corrected chi connectivity index (χ1v) is 7.90. The number of amides is 1. The number of benzene rings is 1. The van der Waals surface area contributed by atoms with Crippen LogP contribution in [0.5, 0.6) is 5.75 Å². The Hall–Kier alpha value is -1.55. The second-order valence-electron chi connectivity index (χ2n) is 5.95. The average Bonchev–Trinajstić information content (AvgIpc) is 2.48. The van der Waals surface area contributed by atoms with Crippen molar-refractivity contribution in [1.29, 1.82) is 0 Å². The van der Waals surface area contributed by atoms with E-state index in [0.717, 1.165) is 49.1 Å². The molecule has 4 nitrogen and oxygen atoms in total. The molecule has 1 saturated carbocycles. The van der Waals surface area contributed by atoms with E-state index in [1.54, 1.807) is 0 Å². The maximum atomic E-state index is 12.4. The minimum atomic E-state index is 0.0742. The summed E-state index contributed by atoms with van der Waals surface area (Å²) in [5.74, 6) is 0.926. The van der Waals surface area contributed by atoms with E-state index in [1.807, 2.05) is 25.1 Å². The summed E-state index contributed by atoms with van der Waals surface area (Å²) < 4.78 is 5.74. The number of nitrogens with one attached hydrogen (secondary N) is 1. The molecule has 0 aliphatic heterocycles. The van der Waals surface area contributed by atoms with E-state index in [2.05, 4.69) is 12.2 Å². The van der Waals surface area contributed by atoms with Crippen LogP contribution < -0.4 is 15.8 Å². The minimum absolute atomic E-state index is 0.0742. The highest BCUT2D eigenvalue weighted by molar-refractivity contribution is 5.94. The first-order chi connectivity index (χ1) is 10.1. The summed E-state index contributed by atoms with van der Waals surface area (Å²) in [5.41, 5.74) is 7.79. The van der Waals surface area contributed by atoms with Crippen LogP contribution >= 0.6 is 0 Å². The monoisotopic (exact) mass is 290 g/mol. The van der Waals surface area contributed by atoms with Crippen LogP contribution in [-0.4, -0.2) is 18.6 Å². The van der Waals surface area contributed by atoms with Crippen molar-refractivity contribution in [3.05, 3.63) is 23.8 Å². The summed E-state index contributed by atoms with van der Waals surface area (Å²) in [5, 5.41) is 3.03. The summed E-state index contributed by atoms with van der Waals surface area (Å²) in [7, 11) is 0. The van der Waals surface area contributed by atoms with E-state index in [0.29, 0.717) is 6.61 Å². The molecule has 116 valence electrons. The first-order valence-electron chi connectivity index (χ1n) is 7.90. The molecular weight excluding hydrogens is 264 g/mol. The minimum Gasteiger partial charge on any atom is -0.491 e. The smallest absolute Gasteiger partial charge is 0.227 e. The molecule has 1 amide bonds. The van der Waals surface area contributed by atoms with Gasteiger partial charge < -0.3 is 15.8 Å². The number of nitrogens with two attached hydrogens (primary N) is 1. The van der Waals surface area contributed by atoms with Gasteiger partial charge in [-0.2, -0.15) is 0 Å². The maximum Gasteiger partial charge on any atom is 0.227 e. The van der Waals surface area contributed by atoms with Crippen molar-refractivity contribution < 1.29 is 9.53 Å². The van der Waals surface area contributed by atoms with Crippen LogP contribution in [-0.2, 0) is 4.79 Å². The molecule has 1 aromatic carbocycles. The Bertz CT molecular complexity index is 480. The Balaban J connectivity index is 2.02. The Morgan fingerprint density at radius 3 is 2.71 bits per heavy atom. The predicted molar refractivity (Wildman–Crippen MR) is 85.5 cm³/mol. The molecule has 3 N–H and O–H groups in total. The Morgan fingerprint density at radius 1 is 1.33 bits per heavy atom. The third kappa shape index (κ3) is 4.46. The van der Waals surface area contributed by atoms with Gasteiger partial charge in [-0.05, 0) is 56.7 Å². The van der Waals surface area contributed by atoms with Crippen LogP contribution in [0.25, 0.3) is 0 Å². The molecule has 0 unspecified atom stereocenters. The van der Waals surface area contributed by atoms with Crippen molar-refractivity contribution >= 4 is 11.6 Å². The quantitative estimate of drug-likeness (QED) is 0.875. The van der Waals surface area contributed by atoms with Gasteiger partial charge in [0.15, 0.2) is 0 Å². The number of hydrogen-bond donors (Lipinski definition) is 2. The summed E-state index contributed by atoms with van der Waals surface area (Å²) in [6.07, 6.45) is 4.58. The highest BCUT2D eigenvalue weighted by atomic mass is 16.5. The number of aryl methyl sites for hydroxylation is 1. The fraction of sp³-hybridized carbons (Fsp3) is 0.588. The maximum absolute atomic E-state index is 12.4. The average molecular weight is 290 g/mol. The van der Waals surface area contributed by atoms with Crippen LogP contribution in [0.4, 0.5) is 5.69 Å². The number of rotatable bonds is 5. The van der Waals surface area contributed by atoms with E-state index in [1.165, 1.54) is 0 Å². The molecule has 0 atom stereocenters. The Morgan fingerprint density at radius 2 is 2.05 bits per heavy atom. The van der Waals surface area contributed by atoms with Crippen LogP contribution in [0.1, 0.15) is 44.6 Å². The van der Waals surface area contributed by atoms with Gasteiger partial charge in [-0.3, -0.25) is 4.79 Å². The van der Waals surface area contributed by atoms with Crippen LogP contribution in [0.2, 0.25) is 0 Å². The molecule has 1 aliphatic rings. The third-order valence-electron chi connectivity index (χ3n) is 4.00. The number of carbonyl (C=O) groups is 1. The lowest BCUT2D eigenvalue weighted by Gasteiger charge is -2.25. The van der Waals surface area contributed by atoms with Crippen molar-refractivity contribution in [2.45, 2.75) is 52.0 Å². The van der Waals surface area contributed by atoms with Crippen LogP contribution in [0.3, 0.4) is 0 Å². The highest BCUT2D eigenvalue weighted by Crippen LogP contribution is 2.29. The lowest BCUT2D eigenvalue weighted by Crippen LogP contribution is -2.32. The zero-order chi connectivity index (χ0) is 15.2. The van der Waals surface area contributed by atoms with Crippen molar-refractivity contribution in [2.24, 2.45) is 11.7 Å². The Labute approximate surface area is 127 Å². The van der Waals surface area contributed by atoms with Gasteiger partial charge in [-0.15, -0.1) is 0 Å². The summed E-state index contributed by atoms with van der Waals surface area (Å²) in [6, 6.07) is 6.15. The third-order valence-corrected chi connectivity index (χ3v) is 4.00. The zero-order valence-corrected chi connectivity index (χ0v) is 13.0. The van der Waals surface area contributed by atoms with E-state index in [4.69, 9.17) is 10.5 Å². The topological polar surface area (TPSA) is 64.3 Å². The molecule has 1 fully saturated rings. The predicted octanol–water partition coefficient (Wildman–Crippen LogP) is 3.24. The van der Waals surface area contributed by atoms with Gasteiger partial charge in [0.1, 0.15) is 5.75 Å². The van der Waals surface area contributed by atoms with Gasteiger partial charge in [0, 0.05) is 12.0 Å². The number of hydrogen-bond acceptors (Lipinski definition) is 3. The van der Waals surface area contributed by atoms with Crippen LogP contribution in [0, 0.1) is 12.8 Å². The molecule has 0 bridgehead atoms. The van der Waals surface area contributed by atoms with Gasteiger partial charge >= 0.3 is 0 Å². The van der Waals surface area contributed by atoms with E-state index < -0.39 is 0 Å². The molecule has 0 aromatic heterocycles. The molecule has 21 heavy (non-hydrogen) atoms. The fourth-order valence-electron chi connectivity index (χ4n) is 2.68. The highest BCUT2D eigenvalue weighted by Gasteiger charge is 2.25. The lowest BCUT2D eigenvalue weighted by atomic mass is 9.86. The van der Waals surface area contributed by atoms with Crippen molar-refractivity contribution in [3.63, 3.8) is 0 Å². The molecule has 1 aliphatic carbocycles. The zero-order valence-electron chi connectivity index (χ0n) is 13.0. The van der Waals surface area contributed by atoms with Gasteiger partial charge in [-0.25, -0.2) is 0 Å². The standard InChI is InChI=1S/C17H26N2O2/c1-3-10-21-16-11-12(2)4-9-15(16)19-17(20)13-5-7-14(18)8-6-13/h4,9,11,13-14H,3,5-8,10,18H2,1-2H3,(H,19,20). The largest absolute Gasteiger partial charge is 0.491 e. The molecule has 0 radical (unpaired) electrons. The summed E-state index contributed by atoms with van der Waals surface area (Å²) in [6.45, 7) is 4.75. The number of carbonyl (C=O) groups excluding carboxylic acids is 1. The molecule has 1 aromatic rings. The number of anilines is 1. The Kier molecular flexibility index (Phi) is 5.62. The lowest BCUT2D eigenvalue weighted by molar-refractivity contribution is -0.120. The molecular formula is C17H26N2O2. The molecule has 0 saturated heterocycles. The first kappa shape index (κ1) is 15.8. The molecule has 4 heteroatoms. The van der Waals surface area contributed by atoms with Crippen molar-refractivity contribution in [1.82, 2.24) is 0 Å². The van der Waals surface area contributed by atoms with Crippen molar-refractivity contribution in [2.75, 3.05) is 11.9 Å². The SMILES string of the molecule is CCCOc1cc(C)ccc1NC(=O)C1CCC(N)CC1. The van der Waals surface area contributed by atoms with E-state index in [-0.39, 0.29) is 17.9 Å². The van der Waals surface area contributed by atoms with E-state index >= 15 is 0 Å². The van der Waals surface area contributed by atoms with Gasteiger partial charge in [0.25, 0.3) is 0 Å². The van der Waals surface area contributed by atoms with Gasteiger partial charge in [0.05, 0.1) is 12.3 Å².